The molecule has 0 aromatic carbocycles. The van der Waals surface area contributed by atoms with E-state index in [0.717, 1.165) is 12.8 Å². The van der Waals surface area contributed by atoms with Gasteiger partial charge in [0.2, 0.25) is 0 Å². The molecule has 2 atom stereocenters. The first-order chi connectivity index (χ1) is 5.62. The minimum Gasteiger partial charge on any atom is -0.395 e. The van der Waals surface area contributed by atoms with Gasteiger partial charge in [-0.25, -0.2) is 0 Å². The Labute approximate surface area is 74.6 Å². The maximum atomic E-state index is 8.21. The van der Waals surface area contributed by atoms with Gasteiger partial charge in [-0.1, -0.05) is 13.8 Å². The van der Waals surface area contributed by atoms with Crippen LogP contribution in [0.1, 0.15) is 26.7 Å². The van der Waals surface area contributed by atoms with Gasteiger partial charge >= 0.3 is 0 Å². The monoisotopic (exact) mass is 178 g/mol. The highest BCUT2D eigenvalue weighted by Gasteiger charge is 1.90. The summed E-state index contributed by atoms with van der Waals surface area (Å²) in [4.78, 5) is 0. The molecule has 0 aliphatic heterocycles. The summed E-state index contributed by atoms with van der Waals surface area (Å²) in [6, 6.07) is -0.0185. The Morgan fingerprint density at radius 3 is 1.17 bits per heavy atom. The Balaban J connectivity index is 0. The Hall–Kier alpha value is -0.160. The van der Waals surface area contributed by atoms with E-state index in [1.165, 1.54) is 0 Å². The van der Waals surface area contributed by atoms with Gasteiger partial charge in [0.1, 0.15) is 0 Å². The van der Waals surface area contributed by atoms with Gasteiger partial charge in [-0.3, -0.25) is 0 Å². The van der Waals surface area contributed by atoms with E-state index in [1.54, 1.807) is 0 Å². The highest BCUT2D eigenvalue weighted by molar-refractivity contribution is 4.52. The molecule has 0 rings (SSSR count). The molecule has 0 heterocycles. The highest BCUT2D eigenvalue weighted by atomic mass is 16.3. The van der Waals surface area contributed by atoms with E-state index >= 15 is 0 Å². The zero-order valence-corrected chi connectivity index (χ0v) is 8.03. The maximum Gasteiger partial charge on any atom is 0.0582 e. The van der Waals surface area contributed by atoms with Crippen LogP contribution in [-0.4, -0.2) is 35.5 Å². The molecular formula is C8H22N2O2. The molecule has 12 heavy (non-hydrogen) atoms. The van der Waals surface area contributed by atoms with Crippen LogP contribution in [0.25, 0.3) is 0 Å². The van der Waals surface area contributed by atoms with Crippen molar-refractivity contribution in [3.8, 4) is 0 Å². The van der Waals surface area contributed by atoms with Crippen LogP contribution in [0, 0.1) is 0 Å². The van der Waals surface area contributed by atoms with E-state index in [0.29, 0.717) is 0 Å². The third-order valence-corrected chi connectivity index (χ3v) is 1.52. The maximum absolute atomic E-state index is 8.21. The smallest absolute Gasteiger partial charge is 0.0582 e. The van der Waals surface area contributed by atoms with Gasteiger partial charge < -0.3 is 21.7 Å². The lowest BCUT2D eigenvalue weighted by atomic mass is 10.3. The quantitative estimate of drug-likeness (QED) is 0.464. The zero-order chi connectivity index (χ0) is 9.98. The van der Waals surface area contributed by atoms with Gasteiger partial charge in [0.25, 0.3) is 0 Å². The van der Waals surface area contributed by atoms with Crippen LogP contribution in [0.2, 0.25) is 0 Å². The van der Waals surface area contributed by atoms with Crippen LogP contribution in [0.3, 0.4) is 0 Å². The van der Waals surface area contributed by atoms with Gasteiger partial charge in [-0.05, 0) is 12.8 Å². The molecule has 0 spiro atoms. The Bertz CT molecular complexity index is 63.5. The fourth-order valence-corrected chi connectivity index (χ4v) is 0.258. The van der Waals surface area contributed by atoms with Crippen molar-refractivity contribution in [3.63, 3.8) is 0 Å². The molecule has 0 saturated carbocycles. The predicted octanol–water partition coefficient (Wildman–Crippen LogP) is -0.568. The molecule has 0 bridgehead atoms. The largest absolute Gasteiger partial charge is 0.395 e. The Morgan fingerprint density at radius 1 is 0.917 bits per heavy atom. The first-order valence-corrected chi connectivity index (χ1v) is 4.35. The topological polar surface area (TPSA) is 92.5 Å². The van der Waals surface area contributed by atoms with Gasteiger partial charge in [0, 0.05) is 12.1 Å². The second kappa shape index (κ2) is 10.8. The minimum absolute atomic E-state index is 0.00926. The first kappa shape index (κ1) is 14.4. The Kier molecular flexibility index (Phi) is 13.0. The van der Waals surface area contributed by atoms with Gasteiger partial charge in [0.15, 0.2) is 0 Å². The molecule has 0 aliphatic rings. The summed E-state index contributed by atoms with van der Waals surface area (Å²) in [5.41, 5.74) is 10.4. The molecule has 76 valence electrons. The summed E-state index contributed by atoms with van der Waals surface area (Å²) in [5.74, 6) is 0. The molecule has 0 fully saturated rings. The van der Waals surface area contributed by atoms with E-state index in [-0.39, 0.29) is 25.3 Å². The summed E-state index contributed by atoms with van der Waals surface area (Å²) in [6.45, 7) is 4.11. The van der Waals surface area contributed by atoms with Gasteiger partial charge in [0.05, 0.1) is 13.2 Å². The van der Waals surface area contributed by atoms with Crippen LogP contribution in [-0.2, 0) is 0 Å². The number of rotatable bonds is 4. The van der Waals surface area contributed by atoms with Gasteiger partial charge in [-0.2, -0.15) is 0 Å². The fraction of sp³-hybridized carbons (Fsp3) is 1.00. The lowest BCUT2D eigenvalue weighted by molar-refractivity contribution is 0.263. The van der Waals surface area contributed by atoms with Crippen molar-refractivity contribution in [1.29, 1.82) is 0 Å². The average molecular weight is 178 g/mol. The van der Waals surface area contributed by atoms with Crippen molar-refractivity contribution in [2.45, 2.75) is 38.8 Å². The predicted molar refractivity (Wildman–Crippen MR) is 50.7 cm³/mol. The molecule has 0 unspecified atom stereocenters. The Morgan fingerprint density at radius 2 is 1.17 bits per heavy atom. The fourth-order valence-electron chi connectivity index (χ4n) is 0.258. The molecule has 0 aliphatic carbocycles. The zero-order valence-electron chi connectivity index (χ0n) is 8.03. The summed E-state index contributed by atoms with van der Waals surface area (Å²) in [5, 5.41) is 16.4. The lowest BCUT2D eigenvalue weighted by Gasteiger charge is -1.98. The number of hydrogen-bond acceptors (Lipinski definition) is 4. The van der Waals surface area contributed by atoms with Crippen LogP contribution in [0.5, 0.6) is 0 Å². The van der Waals surface area contributed by atoms with Crippen LogP contribution < -0.4 is 11.5 Å². The van der Waals surface area contributed by atoms with Crippen molar-refractivity contribution in [2.75, 3.05) is 13.2 Å². The summed E-state index contributed by atoms with van der Waals surface area (Å²) in [6.07, 6.45) is 1.72. The SMILES string of the molecule is CC[C@@H](N)CO.CC[C@@H](N)CO. The van der Waals surface area contributed by atoms with Crippen LogP contribution >= 0.6 is 0 Å². The average Bonchev–Trinajstić information content (AvgIpc) is 2.16. The molecule has 0 aromatic heterocycles. The van der Waals surface area contributed by atoms with E-state index in [4.69, 9.17) is 21.7 Å². The van der Waals surface area contributed by atoms with Crippen LogP contribution in [0.4, 0.5) is 0 Å². The highest BCUT2D eigenvalue weighted by Crippen LogP contribution is 1.79. The number of aliphatic hydroxyl groups excluding tert-OH is 2. The van der Waals surface area contributed by atoms with E-state index in [1.807, 2.05) is 13.8 Å². The summed E-state index contributed by atoms with van der Waals surface area (Å²) in [7, 11) is 0. The third-order valence-electron chi connectivity index (χ3n) is 1.52. The standard InChI is InChI=1S/2C4H11NO/c2*1-2-4(5)3-6/h2*4,6H,2-3,5H2,1H3/t2*4-/m11/s1. The molecule has 4 heteroatoms. The number of nitrogens with two attached hydrogens (primary N) is 2. The van der Waals surface area contributed by atoms with Crippen molar-refractivity contribution < 1.29 is 10.2 Å². The molecule has 6 N–H and O–H groups in total. The minimum atomic E-state index is -0.00926. The second-order valence-electron chi connectivity index (χ2n) is 2.70. The normalized spacial score (nSPS) is 14.5. The van der Waals surface area contributed by atoms with E-state index in [2.05, 4.69) is 0 Å². The second-order valence-corrected chi connectivity index (χ2v) is 2.70. The van der Waals surface area contributed by atoms with E-state index in [9.17, 15) is 0 Å². The molecule has 0 aromatic rings. The lowest BCUT2D eigenvalue weighted by Crippen LogP contribution is -2.22. The first-order valence-electron chi connectivity index (χ1n) is 4.35. The summed E-state index contributed by atoms with van der Waals surface area (Å²) < 4.78 is 0. The van der Waals surface area contributed by atoms with Crippen LogP contribution in [0.15, 0.2) is 0 Å². The number of hydrogen-bond donors (Lipinski definition) is 4. The number of aliphatic hydroxyl groups is 2. The van der Waals surface area contributed by atoms with E-state index < -0.39 is 0 Å². The van der Waals surface area contributed by atoms with Crippen molar-refractivity contribution in [2.24, 2.45) is 11.5 Å². The molecule has 0 radical (unpaired) electrons. The molecule has 0 saturated heterocycles. The van der Waals surface area contributed by atoms with Crippen molar-refractivity contribution in [3.05, 3.63) is 0 Å². The van der Waals surface area contributed by atoms with Gasteiger partial charge in [-0.15, -0.1) is 0 Å². The third kappa shape index (κ3) is 12.5. The molecular weight excluding hydrogens is 156 g/mol. The molecule has 0 amide bonds. The van der Waals surface area contributed by atoms with Crippen molar-refractivity contribution in [1.82, 2.24) is 0 Å². The van der Waals surface area contributed by atoms with Crippen molar-refractivity contribution >= 4 is 0 Å². The summed E-state index contributed by atoms with van der Waals surface area (Å²) >= 11 is 0. The molecule has 4 nitrogen and oxygen atoms in total.